The summed E-state index contributed by atoms with van der Waals surface area (Å²) >= 11 is 3.28. The maximum absolute atomic E-state index is 13.9. The van der Waals surface area contributed by atoms with Gasteiger partial charge in [0.25, 0.3) is 11.5 Å². The van der Waals surface area contributed by atoms with Gasteiger partial charge in [-0.05, 0) is 66.0 Å². The fourth-order valence-electron chi connectivity index (χ4n) is 3.78. The molecule has 0 spiro atoms. The molecule has 0 aliphatic carbocycles. The summed E-state index contributed by atoms with van der Waals surface area (Å²) in [5, 5.41) is 0. The highest BCUT2D eigenvalue weighted by Crippen LogP contribution is 2.26. The van der Waals surface area contributed by atoms with Crippen LogP contribution in [0, 0.1) is 18.6 Å². The van der Waals surface area contributed by atoms with E-state index in [9.17, 15) is 18.4 Å². The van der Waals surface area contributed by atoms with Gasteiger partial charge in [-0.1, -0.05) is 6.07 Å². The fraction of sp³-hybridized carbons (Fsp3) is 0.250. The Morgan fingerprint density at radius 3 is 2.56 bits per heavy atom. The minimum atomic E-state index is -0.717. The lowest BCUT2D eigenvalue weighted by atomic mass is 10.1. The topological polar surface area (TPSA) is 51.5 Å². The molecule has 32 heavy (non-hydrogen) atoms. The molecule has 0 bridgehead atoms. The van der Waals surface area contributed by atoms with Gasteiger partial charge in [-0.25, -0.2) is 8.78 Å². The van der Waals surface area contributed by atoms with E-state index in [4.69, 9.17) is 4.74 Å². The van der Waals surface area contributed by atoms with Crippen LogP contribution in [0.1, 0.15) is 34.5 Å². The largest absolute Gasteiger partial charge is 0.487 e. The third-order valence-electron chi connectivity index (χ3n) is 5.44. The summed E-state index contributed by atoms with van der Waals surface area (Å²) in [6.07, 6.45) is 2.00. The van der Waals surface area contributed by atoms with E-state index in [1.54, 1.807) is 37.3 Å². The Hall–Kier alpha value is -3.00. The standard InChI is InChI=1S/C24H21BrF2N2O3/c1-15-11-21(32-14-17-7-8-18(26)13-20(17)27)22(25)24(31)29(15)19-6-4-5-16(12-19)23(30)28-9-2-3-10-28/h4-8,11-13H,2-3,9-10,14H2,1H3. The molecule has 5 nitrogen and oxygen atoms in total. The molecule has 4 rings (SSSR count). The Labute approximate surface area is 192 Å². The van der Waals surface area contributed by atoms with Crippen molar-refractivity contribution in [2.75, 3.05) is 13.1 Å². The van der Waals surface area contributed by atoms with Crippen LogP contribution in [-0.2, 0) is 6.61 Å². The van der Waals surface area contributed by atoms with E-state index in [-0.39, 0.29) is 33.9 Å². The molecule has 1 aliphatic rings. The van der Waals surface area contributed by atoms with Gasteiger partial charge < -0.3 is 9.64 Å². The average Bonchev–Trinajstić information content (AvgIpc) is 3.31. The second kappa shape index (κ2) is 9.24. The number of hydrogen-bond donors (Lipinski definition) is 0. The van der Waals surface area contributed by atoms with Crippen LogP contribution in [0.2, 0.25) is 0 Å². The van der Waals surface area contributed by atoms with Crippen LogP contribution < -0.4 is 10.3 Å². The summed E-state index contributed by atoms with van der Waals surface area (Å²) in [7, 11) is 0. The van der Waals surface area contributed by atoms with Crippen molar-refractivity contribution < 1.29 is 18.3 Å². The van der Waals surface area contributed by atoms with Gasteiger partial charge in [0.2, 0.25) is 0 Å². The molecule has 3 aromatic rings. The van der Waals surface area contributed by atoms with Gasteiger partial charge in [0, 0.05) is 47.7 Å². The maximum Gasteiger partial charge on any atom is 0.273 e. The zero-order valence-corrected chi connectivity index (χ0v) is 19.0. The van der Waals surface area contributed by atoms with Gasteiger partial charge in [0.05, 0.1) is 0 Å². The lowest BCUT2D eigenvalue weighted by molar-refractivity contribution is 0.0793. The quantitative estimate of drug-likeness (QED) is 0.493. The third-order valence-corrected chi connectivity index (χ3v) is 6.17. The molecule has 0 N–H and O–H groups in total. The lowest BCUT2D eigenvalue weighted by Crippen LogP contribution is -2.28. The van der Waals surface area contributed by atoms with E-state index in [0.29, 0.717) is 16.9 Å². The first kappa shape index (κ1) is 22.2. The van der Waals surface area contributed by atoms with Crippen LogP contribution in [-0.4, -0.2) is 28.5 Å². The number of hydrogen-bond acceptors (Lipinski definition) is 3. The second-order valence-corrected chi connectivity index (χ2v) is 8.47. The molecule has 1 saturated heterocycles. The fourth-order valence-corrected chi connectivity index (χ4v) is 4.19. The normalized spacial score (nSPS) is 13.4. The summed E-state index contributed by atoms with van der Waals surface area (Å²) in [6.45, 7) is 3.07. The molecule has 0 atom stereocenters. The first-order valence-corrected chi connectivity index (χ1v) is 11.0. The smallest absolute Gasteiger partial charge is 0.273 e. The number of aromatic nitrogens is 1. The molecule has 0 unspecified atom stereocenters. The molecular weight excluding hydrogens is 482 g/mol. The molecule has 1 aromatic heterocycles. The summed E-state index contributed by atoms with van der Waals surface area (Å²) in [5.41, 5.74) is 1.48. The molecule has 8 heteroatoms. The number of carbonyl (C=O) groups is 1. The molecule has 1 amide bonds. The van der Waals surface area contributed by atoms with E-state index in [1.807, 2.05) is 4.90 Å². The van der Waals surface area contributed by atoms with Crippen molar-refractivity contribution >= 4 is 21.8 Å². The van der Waals surface area contributed by atoms with E-state index >= 15 is 0 Å². The Kier molecular flexibility index (Phi) is 6.41. The molecular formula is C24H21BrF2N2O3. The zero-order valence-electron chi connectivity index (χ0n) is 17.4. The first-order chi connectivity index (χ1) is 15.3. The number of ether oxygens (including phenoxy) is 1. The molecule has 1 aliphatic heterocycles. The molecule has 166 valence electrons. The van der Waals surface area contributed by atoms with Crippen LogP contribution in [0.4, 0.5) is 8.78 Å². The summed E-state index contributed by atoms with van der Waals surface area (Å²) in [5.74, 6) is -1.19. The molecule has 0 radical (unpaired) electrons. The van der Waals surface area contributed by atoms with Gasteiger partial charge in [-0.3, -0.25) is 14.2 Å². The van der Waals surface area contributed by atoms with Crippen molar-refractivity contribution in [3.8, 4) is 11.4 Å². The van der Waals surface area contributed by atoms with Gasteiger partial charge in [0.1, 0.15) is 28.5 Å². The highest BCUT2D eigenvalue weighted by Gasteiger charge is 2.21. The van der Waals surface area contributed by atoms with Gasteiger partial charge >= 0.3 is 0 Å². The average molecular weight is 503 g/mol. The predicted octanol–water partition coefficient (Wildman–Crippen LogP) is 5.00. The highest BCUT2D eigenvalue weighted by atomic mass is 79.9. The third kappa shape index (κ3) is 4.46. The van der Waals surface area contributed by atoms with Gasteiger partial charge in [-0.15, -0.1) is 0 Å². The Morgan fingerprint density at radius 2 is 1.84 bits per heavy atom. The minimum Gasteiger partial charge on any atom is -0.487 e. The predicted molar refractivity (Wildman–Crippen MR) is 120 cm³/mol. The summed E-state index contributed by atoms with van der Waals surface area (Å²) < 4.78 is 34.3. The van der Waals surface area contributed by atoms with Crippen molar-refractivity contribution in [3.63, 3.8) is 0 Å². The number of nitrogens with zero attached hydrogens (tertiary/aromatic N) is 2. The number of carbonyl (C=O) groups excluding carboxylic acids is 1. The highest BCUT2D eigenvalue weighted by molar-refractivity contribution is 9.10. The summed E-state index contributed by atoms with van der Waals surface area (Å²) in [6, 6.07) is 11.8. The Bertz CT molecular complexity index is 1240. The van der Waals surface area contributed by atoms with E-state index in [1.165, 1.54) is 10.6 Å². The molecule has 2 aromatic carbocycles. The van der Waals surface area contributed by atoms with Crippen LogP contribution in [0.15, 0.2) is 57.8 Å². The first-order valence-electron chi connectivity index (χ1n) is 10.2. The Balaban J connectivity index is 1.62. The van der Waals surface area contributed by atoms with Gasteiger partial charge in [0.15, 0.2) is 0 Å². The SMILES string of the molecule is Cc1cc(OCc2ccc(F)cc2F)c(Br)c(=O)n1-c1cccc(C(=O)N2CCCC2)c1. The van der Waals surface area contributed by atoms with Crippen molar-refractivity contribution in [2.45, 2.75) is 26.4 Å². The minimum absolute atomic E-state index is 0.0459. The number of likely N-dealkylation sites (tertiary alicyclic amines) is 1. The number of benzene rings is 2. The van der Waals surface area contributed by atoms with Crippen LogP contribution in [0.25, 0.3) is 5.69 Å². The van der Waals surface area contributed by atoms with Crippen molar-refractivity contribution in [3.05, 3.63) is 91.8 Å². The number of amides is 1. The second-order valence-electron chi connectivity index (χ2n) is 7.68. The number of pyridine rings is 1. The molecule has 0 saturated carbocycles. The van der Waals surface area contributed by atoms with Crippen LogP contribution in [0.5, 0.6) is 5.75 Å². The van der Waals surface area contributed by atoms with Crippen molar-refractivity contribution in [1.82, 2.24) is 9.47 Å². The van der Waals surface area contributed by atoms with Gasteiger partial charge in [-0.2, -0.15) is 0 Å². The monoisotopic (exact) mass is 502 g/mol. The Morgan fingerprint density at radius 1 is 1.09 bits per heavy atom. The number of halogens is 3. The summed E-state index contributed by atoms with van der Waals surface area (Å²) in [4.78, 5) is 27.6. The zero-order chi connectivity index (χ0) is 22.8. The van der Waals surface area contributed by atoms with Crippen molar-refractivity contribution in [1.29, 1.82) is 0 Å². The lowest BCUT2D eigenvalue weighted by Gasteiger charge is -2.17. The van der Waals surface area contributed by atoms with Crippen LogP contribution in [0.3, 0.4) is 0 Å². The number of rotatable bonds is 5. The molecule has 1 fully saturated rings. The van der Waals surface area contributed by atoms with E-state index in [0.717, 1.165) is 38.1 Å². The maximum atomic E-state index is 13.9. The molecule has 2 heterocycles. The van der Waals surface area contributed by atoms with E-state index < -0.39 is 11.6 Å². The van der Waals surface area contributed by atoms with Crippen LogP contribution >= 0.6 is 15.9 Å². The van der Waals surface area contributed by atoms with E-state index in [2.05, 4.69) is 15.9 Å². The van der Waals surface area contributed by atoms with Crippen molar-refractivity contribution in [2.24, 2.45) is 0 Å². The number of aryl methyl sites for hydroxylation is 1.